The Morgan fingerprint density at radius 3 is 2.57 bits per heavy atom. The van der Waals surface area contributed by atoms with Gasteiger partial charge in [0.15, 0.2) is 0 Å². The van der Waals surface area contributed by atoms with E-state index in [1.165, 1.54) is 5.56 Å². The van der Waals surface area contributed by atoms with Crippen molar-refractivity contribution in [2.75, 3.05) is 26.3 Å². The summed E-state index contributed by atoms with van der Waals surface area (Å²) < 4.78 is 0. The summed E-state index contributed by atoms with van der Waals surface area (Å²) in [6, 6.07) is 8.06. The smallest absolute Gasteiger partial charge is 0.0717 e. The number of β-amino-alcohol motifs (C(OH)–C–C–N with tert-alkyl or cyclic N) is 1. The maximum atomic E-state index is 9.94. The molecule has 1 aliphatic heterocycles. The maximum absolute atomic E-state index is 9.94. The van der Waals surface area contributed by atoms with E-state index in [1.54, 1.807) is 0 Å². The molecule has 0 radical (unpaired) electrons. The van der Waals surface area contributed by atoms with Gasteiger partial charge in [-0.2, -0.15) is 0 Å². The monoisotopic (exact) mass is 289 g/mol. The highest BCUT2D eigenvalue weighted by molar-refractivity contribution is 5.36. The quantitative estimate of drug-likeness (QED) is 0.710. The van der Waals surface area contributed by atoms with Crippen molar-refractivity contribution < 1.29 is 15.3 Å². The van der Waals surface area contributed by atoms with Crippen molar-refractivity contribution in [1.82, 2.24) is 4.90 Å². The molecule has 1 aliphatic rings. The average Bonchev–Trinajstić information content (AvgIpc) is 2.49. The Kier molecular flexibility index (Phi) is 6.21. The molecular formula is C17H23NO3. The summed E-state index contributed by atoms with van der Waals surface area (Å²) in [6.45, 7) is 2.48. The molecule has 1 saturated heterocycles. The van der Waals surface area contributed by atoms with Crippen LogP contribution < -0.4 is 0 Å². The van der Waals surface area contributed by atoms with Crippen molar-refractivity contribution >= 4 is 0 Å². The van der Waals surface area contributed by atoms with Gasteiger partial charge in [-0.15, -0.1) is 0 Å². The molecule has 2 atom stereocenters. The van der Waals surface area contributed by atoms with Gasteiger partial charge < -0.3 is 15.3 Å². The zero-order valence-corrected chi connectivity index (χ0v) is 12.2. The third-order valence-electron chi connectivity index (χ3n) is 3.87. The highest BCUT2D eigenvalue weighted by Gasteiger charge is 2.26. The Bertz CT molecular complexity index is 489. The van der Waals surface area contributed by atoms with E-state index in [4.69, 9.17) is 10.2 Å². The number of piperidine rings is 1. The molecule has 21 heavy (non-hydrogen) atoms. The molecule has 0 bridgehead atoms. The fraction of sp³-hybridized carbons (Fsp3) is 0.529. The van der Waals surface area contributed by atoms with Crippen LogP contribution in [0.4, 0.5) is 0 Å². The molecule has 1 aromatic carbocycles. The lowest BCUT2D eigenvalue weighted by Crippen LogP contribution is -2.44. The molecule has 0 unspecified atom stereocenters. The van der Waals surface area contributed by atoms with Gasteiger partial charge in [0.25, 0.3) is 0 Å². The number of hydrogen-bond donors (Lipinski definition) is 3. The van der Waals surface area contributed by atoms with Crippen LogP contribution in [0, 0.1) is 17.8 Å². The van der Waals surface area contributed by atoms with Crippen molar-refractivity contribution in [3.63, 3.8) is 0 Å². The Hall–Kier alpha value is -1.38. The van der Waals surface area contributed by atoms with E-state index in [0.717, 1.165) is 25.1 Å². The van der Waals surface area contributed by atoms with Crippen LogP contribution in [0.25, 0.3) is 0 Å². The first kappa shape index (κ1) is 16.0. The predicted octanol–water partition coefficient (Wildman–Crippen LogP) is 0.596. The summed E-state index contributed by atoms with van der Waals surface area (Å²) in [4.78, 5) is 2.21. The van der Waals surface area contributed by atoms with E-state index in [-0.39, 0.29) is 19.1 Å². The first-order chi connectivity index (χ1) is 10.2. The number of benzene rings is 1. The molecule has 1 fully saturated rings. The van der Waals surface area contributed by atoms with E-state index in [0.29, 0.717) is 13.0 Å². The largest absolute Gasteiger partial charge is 0.396 e. The summed E-state index contributed by atoms with van der Waals surface area (Å²) in [5.41, 5.74) is 2.14. The number of aliphatic hydroxyl groups excluding tert-OH is 3. The van der Waals surface area contributed by atoms with Crippen LogP contribution in [-0.2, 0) is 6.54 Å². The molecule has 3 N–H and O–H groups in total. The number of rotatable bonds is 4. The number of hydrogen-bond acceptors (Lipinski definition) is 4. The van der Waals surface area contributed by atoms with Gasteiger partial charge in [-0.3, -0.25) is 4.90 Å². The van der Waals surface area contributed by atoms with Gasteiger partial charge in [-0.25, -0.2) is 0 Å². The summed E-state index contributed by atoms with van der Waals surface area (Å²) in [7, 11) is 0. The Labute approximate surface area is 126 Å². The lowest BCUT2D eigenvalue weighted by atomic mass is 9.94. The lowest BCUT2D eigenvalue weighted by Gasteiger charge is -2.35. The molecular weight excluding hydrogens is 266 g/mol. The molecule has 0 amide bonds. The van der Waals surface area contributed by atoms with Crippen LogP contribution >= 0.6 is 0 Å². The second kappa shape index (κ2) is 8.16. The third-order valence-corrected chi connectivity index (χ3v) is 3.87. The average molecular weight is 289 g/mol. The van der Waals surface area contributed by atoms with Crippen LogP contribution in [-0.4, -0.2) is 52.6 Å². The van der Waals surface area contributed by atoms with Crippen LogP contribution in [0.3, 0.4) is 0 Å². The Morgan fingerprint density at radius 1 is 1.19 bits per heavy atom. The van der Waals surface area contributed by atoms with Gasteiger partial charge in [0.05, 0.1) is 12.7 Å². The highest BCUT2D eigenvalue weighted by atomic mass is 16.3. The maximum Gasteiger partial charge on any atom is 0.0717 e. The number of likely N-dealkylation sites (tertiary alicyclic amines) is 1. The second-order valence-electron chi connectivity index (χ2n) is 5.51. The molecule has 1 heterocycles. The van der Waals surface area contributed by atoms with E-state index >= 15 is 0 Å². The van der Waals surface area contributed by atoms with E-state index in [1.807, 2.05) is 24.3 Å². The zero-order valence-electron chi connectivity index (χ0n) is 12.2. The van der Waals surface area contributed by atoms with Gasteiger partial charge in [0.2, 0.25) is 0 Å². The zero-order chi connectivity index (χ0) is 15.1. The minimum absolute atomic E-state index is 0.0189. The summed E-state index contributed by atoms with van der Waals surface area (Å²) >= 11 is 0. The molecule has 1 aromatic rings. The van der Waals surface area contributed by atoms with Crippen LogP contribution in [0.2, 0.25) is 0 Å². The summed E-state index contributed by atoms with van der Waals surface area (Å²) in [5.74, 6) is 5.93. The Balaban J connectivity index is 1.88. The van der Waals surface area contributed by atoms with Gasteiger partial charge >= 0.3 is 0 Å². The molecule has 2 rings (SSSR count). The van der Waals surface area contributed by atoms with E-state index in [2.05, 4.69) is 16.7 Å². The SMILES string of the molecule is OCCC#Cc1ccc(CN2CC[C@H](CO)[C@H](O)C2)cc1. The molecule has 4 heteroatoms. The number of nitrogens with zero attached hydrogens (tertiary/aromatic N) is 1. The van der Waals surface area contributed by atoms with Gasteiger partial charge in [0.1, 0.15) is 0 Å². The second-order valence-corrected chi connectivity index (χ2v) is 5.51. The fourth-order valence-corrected chi connectivity index (χ4v) is 2.57. The van der Waals surface area contributed by atoms with Crippen molar-refractivity contribution in [2.45, 2.75) is 25.5 Å². The van der Waals surface area contributed by atoms with Gasteiger partial charge in [0, 0.05) is 37.6 Å². The summed E-state index contributed by atoms with van der Waals surface area (Å²) in [5, 5.41) is 27.8. The molecule has 0 spiro atoms. The minimum atomic E-state index is -0.438. The third kappa shape index (κ3) is 4.83. The van der Waals surface area contributed by atoms with E-state index in [9.17, 15) is 5.11 Å². The molecule has 0 aliphatic carbocycles. The molecule has 0 saturated carbocycles. The van der Waals surface area contributed by atoms with Gasteiger partial charge in [-0.1, -0.05) is 24.0 Å². The standard InChI is InChI=1S/C17H23NO3/c19-10-2-1-3-14-4-6-15(7-5-14)11-18-9-8-16(13-20)17(21)12-18/h4-7,16-17,19-21H,2,8-13H2/t16-,17-/m1/s1. The fourth-order valence-electron chi connectivity index (χ4n) is 2.57. The topological polar surface area (TPSA) is 63.9 Å². The van der Waals surface area contributed by atoms with Crippen LogP contribution in [0.5, 0.6) is 0 Å². The van der Waals surface area contributed by atoms with Crippen LogP contribution in [0.1, 0.15) is 24.0 Å². The van der Waals surface area contributed by atoms with Gasteiger partial charge in [-0.05, 0) is 30.7 Å². The first-order valence-electron chi connectivity index (χ1n) is 7.43. The van der Waals surface area contributed by atoms with Crippen LogP contribution in [0.15, 0.2) is 24.3 Å². The predicted molar refractivity (Wildman–Crippen MR) is 81.5 cm³/mol. The molecule has 0 aromatic heterocycles. The van der Waals surface area contributed by atoms with E-state index < -0.39 is 6.10 Å². The minimum Gasteiger partial charge on any atom is -0.396 e. The van der Waals surface area contributed by atoms with Crippen molar-refractivity contribution in [1.29, 1.82) is 0 Å². The lowest BCUT2D eigenvalue weighted by molar-refractivity contribution is -0.00444. The van der Waals surface area contributed by atoms with Crippen molar-refractivity contribution in [3.05, 3.63) is 35.4 Å². The molecule has 114 valence electrons. The van der Waals surface area contributed by atoms with Crippen molar-refractivity contribution in [2.24, 2.45) is 5.92 Å². The highest BCUT2D eigenvalue weighted by Crippen LogP contribution is 2.19. The summed E-state index contributed by atoms with van der Waals surface area (Å²) in [6.07, 6.45) is 0.898. The Morgan fingerprint density at radius 2 is 1.95 bits per heavy atom. The van der Waals surface area contributed by atoms with Crippen molar-refractivity contribution in [3.8, 4) is 11.8 Å². The normalized spacial score (nSPS) is 22.6. The number of aliphatic hydroxyl groups is 3. The molecule has 4 nitrogen and oxygen atoms in total. The first-order valence-corrected chi connectivity index (χ1v) is 7.43.